The normalized spacial score (nSPS) is 23.9. The van der Waals surface area contributed by atoms with Gasteiger partial charge in [-0.3, -0.25) is 9.78 Å². The summed E-state index contributed by atoms with van der Waals surface area (Å²) in [6, 6.07) is 5.95. The van der Waals surface area contributed by atoms with Gasteiger partial charge in [0.05, 0.1) is 11.2 Å². The number of nitrogens with zero attached hydrogens (tertiary/aromatic N) is 2. The molecule has 4 rings (SSSR count). The van der Waals surface area contributed by atoms with E-state index in [1.54, 1.807) is 33.2 Å². The first-order valence-corrected chi connectivity index (χ1v) is 12.5. The van der Waals surface area contributed by atoms with E-state index in [9.17, 15) is 23.1 Å². The van der Waals surface area contributed by atoms with Gasteiger partial charge in [-0.05, 0) is 84.5 Å². The second kappa shape index (κ2) is 10.3. The molecule has 1 fully saturated rings. The molecule has 3 N–H and O–H groups in total. The first-order chi connectivity index (χ1) is 17.4. The highest BCUT2D eigenvalue weighted by Crippen LogP contribution is 2.42. The third kappa shape index (κ3) is 5.31. The second-order valence-electron chi connectivity index (χ2n) is 10.6. The number of rotatable bonds is 6. The van der Waals surface area contributed by atoms with Crippen molar-refractivity contribution in [3.8, 4) is 11.3 Å². The standard InChI is InChI=1S/C29H32F3N3O2/c1-15(2)17-10-22(31)27(23(32)11-17)28-21(30)5-6-24(35-28)25(36)12-19-14-34-8-7-20(19)18-9-16(3)29(4,37)26(33)13-18/h5-8,10-11,14-16,18,26,37H,9,12-13,33H2,1-4H3/t16-,18+,26+,29+/m0/s1. The summed E-state index contributed by atoms with van der Waals surface area (Å²) in [6.07, 6.45) is 4.41. The Balaban J connectivity index is 1.64. The van der Waals surface area contributed by atoms with E-state index < -0.39 is 46.1 Å². The number of nitrogens with two attached hydrogens (primary N) is 1. The Morgan fingerprint density at radius 1 is 1.14 bits per heavy atom. The molecule has 1 aliphatic rings. The summed E-state index contributed by atoms with van der Waals surface area (Å²) in [5.74, 6) is -3.38. The van der Waals surface area contributed by atoms with Crippen molar-refractivity contribution in [3.05, 3.63) is 82.6 Å². The molecule has 196 valence electrons. The van der Waals surface area contributed by atoms with Crippen molar-refractivity contribution in [3.63, 3.8) is 0 Å². The second-order valence-corrected chi connectivity index (χ2v) is 10.6. The summed E-state index contributed by atoms with van der Waals surface area (Å²) in [4.78, 5) is 21.4. The molecule has 3 aromatic rings. The van der Waals surface area contributed by atoms with Crippen LogP contribution in [0.5, 0.6) is 0 Å². The van der Waals surface area contributed by atoms with Gasteiger partial charge in [-0.25, -0.2) is 18.2 Å². The number of benzene rings is 1. The number of Topliss-reactive ketones (excluding diaryl/α,β-unsaturated/α-hetero) is 1. The third-order valence-corrected chi connectivity index (χ3v) is 7.76. The van der Waals surface area contributed by atoms with Gasteiger partial charge in [0.1, 0.15) is 28.8 Å². The Bertz CT molecular complexity index is 1290. The van der Waals surface area contributed by atoms with Crippen molar-refractivity contribution in [1.29, 1.82) is 0 Å². The zero-order valence-corrected chi connectivity index (χ0v) is 21.4. The van der Waals surface area contributed by atoms with E-state index in [1.807, 2.05) is 13.0 Å². The number of halogens is 3. The minimum Gasteiger partial charge on any atom is -0.388 e. The van der Waals surface area contributed by atoms with Crippen LogP contribution in [0.2, 0.25) is 0 Å². The van der Waals surface area contributed by atoms with Crippen molar-refractivity contribution >= 4 is 5.78 Å². The number of hydrogen-bond acceptors (Lipinski definition) is 5. The maximum absolute atomic E-state index is 14.8. The number of pyridine rings is 2. The average molecular weight is 512 g/mol. The van der Waals surface area contributed by atoms with Crippen LogP contribution in [0, 0.1) is 23.4 Å². The van der Waals surface area contributed by atoms with E-state index in [2.05, 4.69) is 9.97 Å². The zero-order valence-electron chi connectivity index (χ0n) is 21.4. The molecular weight excluding hydrogens is 479 g/mol. The first kappa shape index (κ1) is 26.9. The molecule has 0 saturated heterocycles. The molecule has 5 nitrogen and oxygen atoms in total. The van der Waals surface area contributed by atoms with Gasteiger partial charge >= 0.3 is 0 Å². The van der Waals surface area contributed by atoms with Gasteiger partial charge in [0.2, 0.25) is 0 Å². The lowest BCUT2D eigenvalue weighted by molar-refractivity contribution is -0.0464. The van der Waals surface area contributed by atoms with Crippen LogP contribution in [-0.4, -0.2) is 32.5 Å². The minimum absolute atomic E-state index is 0.0235. The van der Waals surface area contributed by atoms with Gasteiger partial charge in [-0.1, -0.05) is 20.8 Å². The molecule has 0 bridgehead atoms. The Labute approximate surface area is 215 Å². The summed E-state index contributed by atoms with van der Waals surface area (Å²) in [5.41, 5.74) is 6.06. The fourth-order valence-electron chi connectivity index (χ4n) is 5.10. The SMILES string of the molecule is CC(C)c1cc(F)c(-c2nc(C(=O)Cc3cnccc3[C@H]3C[C@@H](N)[C@](C)(O)[C@@H](C)C3)ccc2F)c(F)c1. The molecule has 0 unspecified atom stereocenters. The van der Waals surface area contributed by atoms with E-state index in [4.69, 9.17) is 5.73 Å². The van der Waals surface area contributed by atoms with Crippen LogP contribution >= 0.6 is 0 Å². The molecule has 0 radical (unpaired) electrons. The topological polar surface area (TPSA) is 89.1 Å². The molecule has 2 aromatic heterocycles. The molecule has 0 spiro atoms. The Morgan fingerprint density at radius 3 is 2.43 bits per heavy atom. The number of carbonyl (C=O) groups is 1. The smallest absolute Gasteiger partial charge is 0.185 e. The number of carbonyl (C=O) groups excluding carboxylic acids is 1. The quantitative estimate of drug-likeness (QED) is 0.415. The van der Waals surface area contributed by atoms with Crippen molar-refractivity contribution in [2.75, 3.05) is 0 Å². The average Bonchev–Trinajstić information content (AvgIpc) is 2.83. The highest BCUT2D eigenvalue weighted by Gasteiger charge is 2.42. The van der Waals surface area contributed by atoms with Crippen molar-refractivity contribution in [1.82, 2.24) is 9.97 Å². The molecule has 4 atom stereocenters. The first-order valence-electron chi connectivity index (χ1n) is 12.5. The highest BCUT2D eigenvalue weighted by molar-refractivity contribution is 5.96. The minimum atomic E-state index is -0.980. The molecule has 37 heavy (non-hydrogen) atoms. The number of aromatic nitrogens is 2. The van der Waals surface area contributed by atoms with E-state index >= 15 is 0 Å². The Morgan fingerprint density at radius 2 is 1.81 bits per heavy atom. The summed E-state index contributed by atoms with van der Waals surface area (Å²) >= 11 is 0. The summed E-state index contributed by atoms with van der Waals surface area (Å²) in [7, 11) is 0. The number of aliphatic hydroxyl groups is 1. The molecule has 8 heteroatoms. The molecule has 2 heterocycles. The van der Waals surface area contributed by atoms with Crippen LogP contribution in [-0.2, 0) is 6.42 Å². The van der Waals surface area contributed by atoms with Crippen LogP contribution in [0.25, 0.3) is 11.3 Å². The maximum atomic E-state index is 14.8. The van der Waals surface area contributed by atoms with Gasteiger partial charge in [-0.2, -0.15) is 0 Å². The third-order valence-electron chi connectivity index (χ3n) is 7.76. The molecule has 1 aliphatic carbocycles. The fraction of sp³-hybridized carbons (Fsp3) is 0.414. The zero-order chi connectivity index (χ0) is 27.1. The summed E-state index contributed by atoms with van der Waals surface area (Å²) in [5, 5.41) is 10.7. The van der Waals surface area contributed by atoms with Crippen LogP contribution in [0.1, 0.15) is 79.6 Å². The van der Waals surface area contributed by atoms with Crippen molar-refractivity contribution in [2.45, 2.75) is 70.4 Å². The van der Waals surface area contributed by atoms with E-state index in [-0.39, 0.29) is 29.9 Å². The number of ketones is 1. The molecular formula is C29H32F3N3O2. The monoisotopic (exact) mass is 511 g/mol. The molecule has 0 aliphatic heterocycles. The summed E-state index contributed by atoms with van der Waals surface area (Å²) in [6.45, 7) is 7.29. The largest absolute Gasteiger partial charge is 0.388 e. The summed E-state index contributed by atoms with van der Waals surface area (Å²) < 4.78 is 44.3. The van der Waals surface area contributed by atoms with Crippen molar-refractivity contribution in [2.24, 2.45) is 11.7 Å². The lowest BCUT2D eigenvalue weighted by atomic mass is 9.67. The lowest BCUT2D eigenvalue weighted by Gasteiger charge is -2.44. The van der Waals surface area contributed by atoms with E-state index in [0.717, 1.165) is 23.8 Å². The van der Waals surface area contributed by atoms with Gasteiger partial charge < -0.3 is 10.8 Å². The van der Waals surface area contributed by atoms with Gasteiger partial charge in [0, 0.05) is 24.9 Å². The van der Waals surface area contributed by atoms with Crippen LogP contribution in [0.3, 0.4) is 0 Å². The van der Waals surface area contributed by atoms with Crippen molar-refractivity contribution < 1.29 is 23.1 Å². The van der Waals surface area contributed by atoms with Crippen LogP contribution in [0.4, 0.5) is 13.2 Å². The molecule has 1 saturated carbocycles. The predicted octanol–water partition coefficient (Wildman–Crippen LogP) is 5.70. The van der Waals surface area contributed by atoms with Gasteiger partial charge in [0.15, 0.2) is 5.78 Å². The van der Waals surface area contributed by atoms with E-state index in [0.29, 0.717) is 24.0 Å². The van der Waals surface area contributed by atoms with Gasteiger partial charge in [0.25, 0.3) is 0 Å². The number of hydrogen-bond donors (Lipinski definition) is 2. The maximum Gasteiger partial charge on any atom is 0.185 e. The van der Waals surface area contributed by atoms with E-state index in [1.165, 1.54) is 6.07 Å². The molecule has 0 amide bonds. The van der Waals surface area contributed by atoms with Crippen LogP contribution < -0.4 is 5.73 Å². The lowest BCUT2D eigenvalue weighted by Crippen LogP contribution is -2.54. The highest BCUT2D eigenvalue weighted by atomic mass is 19.1. The Kier molecular flexibility index (Phi) is 7.53. The Hall–Kier alpha value is -3.10. The van der Waals surface area contributed by atoms with Crippen LogP contribution in [0.15, 0.2) is 42.7 Å². The molecule has 1 aromatic carbocycles. The predicted molar refractivity (Wildman–Crippen MR) is 136 cm³/mol. The van der Waals surface area contributed by atoms with Gasteiger partial charge in [-0.15, -0.1) is 0 Å². The fourth-order valence-corrected chi connectivity index (χ4v) is 5.10.